The molecule has 0 spiro atoms. The van der Waals surface area contributed by atoms with Crippen molar-refractivity contribution >= 4 is 0 Å². The highest BCUT2D eigenvalue weighted by Gasteiger charge is 2.35. The van der Waals surface area contributed by atoms with Gasteiger partial charge >= 0.3 is 0 Å². The first-order valence-corrected chi connectivity index (χ1v) is 10.1. The van der Waals surface area contributed by atoms with Crippen LogP contribution in [-0.4, -0.2) is 46.2 Å². The second-order valence-electron chi connectivity index (χ2n) is 8.59. The molecule has 24 heavy (non-hydrogen) atoms. The van der Waals surface area contributed by atoms with Crippen LogP contribution in [0.25, 0.3) is 0 Å². The van der Waals surface area contributed by atoms with E-state index in [0.29, 0.717) is 6.04 Å². The fourth-order valence-corrected chi connectivity index (χ4v) is 4.17. The van der Waals surface area contributed by atoms with Crippen LogP contribution in [0.1, 0.15) is 62.4 Å². The lowest BCUT2D eigenvalue weighted by Crippen LogP contribution is -2.42. The van der Waals surface area contributed by atoms with Crippen molar-refractivity contribution in [2.45, 2.75) is 64.0 Å². The third-order valence-corrected chi connectivity index (χ3v) is 6.43. The molecular weight excluding hydrogens is 300 g/mol. The van der Waals surface area contributed by atoms with Gasteiger partial charge in [-0.1, -0.05) is 11.6 Å². The smallest absolute Gasteiger partial charge is 0.105 e. The summed E-state index contributed by atoms with van der Waals surface area (Å²) in [6.45, 7) is 5.21. The maximum atomic E-state index is 6.10. The van der Waals surface area contributed by atoms with Crippen LogP contribution in [0.4, 0.5) is 0 Å². The fourth-order valence-electron chi connectivity index (χ4n) is 4.17. The zero-order valence-corrected chi connectivity index (χ0v) is 14.7. The molecule has 0 unspecified atom stereocenters. The van der Waals surface area contributed by atoms with Gasteiger partial charge in [0.25, 0.3) is 0 Å². The summed E-state index contributed by atoms with van der Waals surface area (Å²) in [6.07, 6.45) is 10.8. The molecule has 3 fully saturated rings. The van der Waals surface area contributed by atoms with Crippen molar-refractivity contribution in [2.24, 2.45) is 17.8 Å². The van der Waals surface area contributed by atoms with Gasteiger partial charge in [0.05, 0.1) is 18.3 Å². The topological polar surface area (TPSA) is 43.2 Å². The second-order valence-corrected chi connectivity index (χ2v) is 8.59. The Morgan fingerprint density at radius 1 is 0.917 bits per heavy atom. The molecule has 0 bridgehead atoms. The molecule has 5 heteroatoms. The molecule has 2 heterocycles. The van der Waals surface area contributed by atoms with Gasteiger partial charge in [0.1, 0.15) is 5.69 Å². The second kappa shape index (κ2) is 6.41. The van der Waals surface area contributed by atoms with Gasteiger partial charge in [0.15, 0.2) is 0 Å². The summed E-state index contributed by atoms with van der Waals surface area (Å²) >= 11 is 0. The van der Waals surface area contributed by atoms with E-state index in [0.717, 1.165) is 50.5 Å². The third-order valence-electron chi connectivity index (χ3n) is 6.43. The Bertz CT molecular complexity index is 574. The van der Waals surface area contributed by atoms with Crippen molar-refractivity contribution in [3.05, 3.63) is 11.4 Å². The Morgan fingerprint density at radius 2 is 1.71 bits per heavy atom. The fraction of sp³-hybridized carbons (Fsp3) is 0.895. The first-order chi connectivity index (χ1) is 11.9. The number of hydrogen-bond acceptors (Lipinski definition) is 4. The molecule has 3 aliphatic carbocycles. The summed E-state index contributed by atoms with van der Waals surface area (Å²) in [5.41, 5.74) is 2.61. The van der Waals surface area contributed by atoms with Crippen LogP contribution in [0.3, 0.4) is 0 Å². The molecule has 0 saturated heterocycles. The quantitative estimate of drug-likeness (QED) is 0.735. The van der Waals surface area contributed by atoms with Crippen LogP contribution in [-0.2, 0) is 17.7 Å². The van der Waals surface area contributed by atoms with Gasteiger partial charge in [-0.25, -0.2) is 4.68 Å². The summed E-state index contributed by atoms with van der Waals surface area (Å²) in [5.74, 6) is 2.59. The van der Waals surface area contributed by atoms with E-state index >= 15 is 0 Å². The molecule has 0 amide bonds. The van der Waals surface area contributed by atoms with Crippen LogP contribution in [0.5, 0.6) is 0 Å². The molecule has 0 N–H and O–H groups in total. The molecule has 5 nitrogen and oxygen atoms in total. The molecule has 1 aliphatic heterocycles. The molecule has 0 radical (unpaired) electrons. The summed E-state index contributed by atoms with van der Waals surface area (Å²) < 4.78 is 8.31. The number of aromatic nitrogens is 3. The van der Waals surface area contributed by atoms with Crippen molar-refractivity contribution < 1.29 is 4.74 Å². The lowest BCUT2D eigenvalue weighted by atomic mass is 9.84. The SMILES string of the molecule is C1CC(CN2CCc3c(nnn3CC3CC3)[C@@H]2COCC2CC2)C1. The Hall–Kier alpha value is -0.940. The van der Waals surface area contributed by atoms with Gasteiger partial charge in [-0.05, 0) is 56.3 Å². The van der Waals surface area contributed by atoms with Gasteiger partial charge in [-0.2, -0.15) is 0 Å². The zero-order valence-electron chi connectivity index (χ0n) is 14.7. The van der Waals surface area contributed by atoms with Crippen molar-refractivity contribution in [2.75, 3.05) is 26.3 Å². The first kappa shape index (κ1) is 15.3. The molecule has 5 rings (SSSR count). The van der Waals surface area contributed by atoms with Gasteiger partial charge < -0.3 is 4.74 Å². The Morgan fingerprint density at radius 3 is 2.42 bits per heavy atom. The normalized spacial score (nSPS) is 27.9. The number of hydrogen-bond donors (Lipinski definition) is 0. The zero-order chi connectivity index (χ0) is 15.9. The number of ether oxygens (including phenoxy) is 1. The average Bonchev–Trinajstić information content (AvgIpc) is 3.45. The standard InChI is InChI=1S/C19H30N4O/c1-2-14(3-1)10-22-9-8-17-19(18(22)13-24-12-16-6-7-16)20-21-23(17)11-15-4-5-15/h14-16,18H,1-13H2/t18-/m0/s1. The molecule has 1 aromatic heterocycles. The van der Waals surface area contributed by atoms with E-state index in [9.17, 15) is 0 Å². The summed E-state index contributed by atoms with van der Waals surface area (Å²) in [5, 5.41) is 9.14. The third kappa shape index (κ3) is 3.25. The molecule has 1 atom stereocenters. The highest BCUT2D eigenvalue weighted by molar-refractivity contribution is 5.19. The molecule has 3 saturated carbocycles. The molecule has 132 valence electrons. The lowest BCUT2D eigenvalue weighted by molar-refractivity contribution is 0.0319. The van der Waals surface area contributed by atoms with Crippen LogP contribution < -0.4 is 0 Å². The minimum absolute atomic E-state index is 0.334. The van der Waals surface area contributed by atoms with Gasteiger partial charge in [0, 0.05) is 32.7 Å². The summed E-state index contributed by atoms with van der Waals surface area (Å²) in [6, 6.07) is 0.334. The minimum Gasteiger partial charge on any atom is -0.379 e. The van der Waals surface area contributed by atoms with E-state index in [4.69, 9.17) is 4.74 Å². The maximum absolute atomic E-state index is 6.10. The Balaban J connectivity index is 1.31. The lowest BCUT2D eigenvalue weighted by Gasteiger charge is -2.39. The molecule has 0 aromatic carbocycles. The van der Waals surface area contributed by atoms with Crippen molar-refractivity contribution in [3.63, 3.8) is 0 Å². The Kier molecular flexibility index (Phi) is 4.10. The maximum Gasteiger partial charge on any atom is 0.105 e. The van der Waals surface area contributed by atoms with Crippen LogP contribution in [0.15, 0.2) is 0 Å². The largest absolute Gasteiger partial charge is 0.379 e. The van der Waals surface area contributed by atoms with Crippen molar-refractivity contribution in [1.82, 2.24) is 19.9 Å². The molecular formula is C19H30N4O. The minimum atomic E-state index is 0.334. The van der Waals surface area contributed by atoms with Gasteiger partial charge in [0.2, 0.25) is 0 Å². The van der Waals surface area contributed by atoms with Crippen LogP contribution in [0, 0.1) is 17.8 Å². The van der Waals surface area contributed by atoms with E-state index in [1.807, 2.05) is 0 Å². The average molecular weight is 330 g/mol. The monoisotopic (exact) mass is 330 g/mol. The van der Waals surface area contributed by atoms with E-state index in [1.165, 1.54) is 62.9 Å². The van der Waals surface area contributed by atoms with E-state index in [-0.39, 0.29) is 0 Å². The van der Waals surface area contributed by atoms with E-state index in [1.54, 1.807) is 0 Å². The predicted octanol–water partition coefficient (Wildman–Crippen LogP) is 2.81. The Labute approximate surface area is 144 Å². The first-order valence-electron chi connectivity index (χ1n) is 10.1. The molecule has 4 aliphatic rings. The highest BCUT2D eigenvalue weighted by Crippen LogP contribution is 2.36. The van der Waals surface area contributed by atoms with Crippen molar-refractivity contribution in [3.8, 4) is 0 Å². The number of fused-ring (bicyclic) bond motifs is 1. The van der Waals surface area contributed by atoms with Gasteiger partial charge in [-0.3, -0.25) is 4.90 Å². The molecule has 1 aromatic rings. The van der Waals surface area contributed by atoms with E-state index < -0.39 is 0 Å². The van der Waals surface area contributed by atoms with Crippen LogP contribution >= 0.6 is 0 Å². The van der Waals surface area contributed by atoms with Gasteiger partial charge in [-0.15, -0.1) is 5.10 Å². The predicted molar refractivity (Wildman–Crippen MR) is 91.6 cm³/mol. The summed E-state index contributed by atoms with van der Waals surface area (Å²) in [7, 11) is 0. The number of rotatable bonds is 8. The summed E-state index contributed by atoms with van der Waals surface area (Å²) in [4.78, 5) is 2.65. The van der Waals surface area contributed by atoms with E-state index in [2.05, 4.69) is 19.9 Å². The van der Waals surface area contributed by atoms with Crippen molar-refractivity contribution in [1.29, 1.82) is 0 Å². The highest BCUT2D eigenvalue weighted by atomic mass is 16.5. The number of nitrogens with zero attached hydrogens (tertiary/aromatic N) is 4. The van der Waals surface area contributed by atoms with Crippen LogP contribution in [0.2, 0.25) is 0 Å².